The van der Waals surface area contributed by atoms with Crippen LogP contribution in [0.3, 0.4) is 0 Å². The van der Waals surface area contributed by atoms with E-state index in [-0.39, 0.29) is 74.3 Å². The van der Waals surface area contributed by atoms with E-state index in [1.165, 1.54) is 50.1 Å². The van der Waals surface area contributed by atoms with E-state index in [1.807, 2.05) is 99.1 Å². The van der Waals surface area contributed by atoms with E-state index < -0.39 is 0 Å². The average molecular weight is 1630 g/mol. The summed E-state index contributed by atoms with van der Waals surface area (Å²) in [6.07, 6.45) is 29.8. The fourth-order valence-corrected chi connectivity index (χ4v) is 12.5. The molecule has 2 aliphatic rings. The molecule has 0 unspecified atom stereocenters. The number of aliphatic imine (C=N–C) groups is 2. The maximum absolute atomic E-state index is 4.69. The number of aryl methyl sites for hydroxylation is 2. The third-order valence-corrected chi connectivity index (χ3v) is 18.8. The summed E-state index contributed by atoms with van der Waals surface area (Å²) in [6.45, 7) is 7.77. The highest BCUT2D eigenvalue weighted by molar-refractivity contribution is 6.19. The standard InChI is InChI=1S/C26H26N4.C26H24N4.C24H23N2.C24H22N2.10CH4/c2*1-19-3-5-21(6-4-19)28-23-11-13-25(14-12-23)30-26-17-15-24(16-18-26)29-22-9-7-20(27-2)8-10-22;2*1-3-7-21(8-4-1)19-25-15-11-23(12-16-25)24-13-17-26(18-14-24)20-22-9-5-2-6-10-22;;;;;;;;;;/h3-18,27-30H,1-2H3;3-18,27,29H,1-2H3;1-18,23H,19-20H2;1-18H,19-20H2;10*1H4/q;;+1;+2;;;;;;;;;;. The van der Waals surface area contributed by atoms with Crippen LogP contribution < -0.4 is 45.6 Å². The van der Waals surface area contributed by atoms with Gasteiger partial charge in [0.05, 0.1) is 22.8 Å². The Balaban J connectivity index is 0.000000410. The molecule has 0 saturated carbocycles. The smallest absolute Gasteiger partial charge is 0.173 e. The minimum atomic E-state index is 0. The molecule has 0 atom stereocenters. The number of anilines is 10. The zero-order valence-corrected chi connectivity index (χ0v) is 63.8. The second kappa shape index (κ2) is 53.3. The summed E-state index contributed by atoms with van der Waals surface area (Å²) in [5, 5.41) is 19.9. The van der Waals surface area contributed by atoms with Gasteiger partial charge in [-0.15, -0.1) is 0 Å². The molecule has 1 aliphatic heterocycles. The van der Waals surface area contributed by atoms with E-state index in [4.69, 9.17) is 4.99 Å². The Morgan fingerprint density at radius 1 is 0.270 bits per heavy atom. The Morgan fingerprint density at radius 3 is 0.795 bits per heavy atom. The lowest BCUT2D eigenvalue weighted by Crippen LogP contribution is -2.33. The maximum atomic E-state index is 4.69. The number of hydrogen-bond donors (Lipinski definition) is 6. The Labute approximate surface area is 733 Å². The molecule has 0 saturated heterocycles. The van der Waals surface area contributed by atoms with E-state index in [0.29, 0.717) is 5.92 Å². The number of nitrogens with one attached hydrogen (secondary N) is 6. The number of allylic oxidation sites excluding steroid dienone is 6. The van der Waals surface area contributed by atoms with Crippen molar-refractivity contribution in [3.8, 4) is 11.1 Å². The van der Waals surface area contributed by atoms with Gasteiger partial charge in [-0.3, -0.25) is 0 Å². The lowest BCUT2D eigenvalue weighted by Gasteiger charge is -2.21. The third kappa shape index (κ3) is 32.2. The fraction of sp³-hybridized carbons (Fsp3) is 0.173. The van der Waals surface area contributed by atoms with Crippen LogP contribution in [0.15, 0.2) is 424 Å². The lowest BCUT2D eigenvalue weighted by molar-refractivity contribution is -0.688. The average Bonchev–Trinajstić information content (AvgIpc) is 0.840. The largest absolute Gasteiger partial charge is 0.388 e. The van der Waals surface area contributed by atoms with Crippen molar-refractivity contribution < 1.29 is 13.7 Å². The molecule has 3 aromatic heterocycles. The normalized spacial score (nSPS) is 10.9. The van der Waals surface area contributed by atoms with Crippen LogP contribution in [0, 0.1) is 13.8 Å². The van der Waals surface area contributed by atoms with Crippen LogP contribution in [0.5, 0.6) is 0 Å². The highest BCUT2D eigenvalue weighted by atomic mass is 15.1. The number of pyridine rings is 3. The topological polar surface area (TPSA) is 112 Å². The predicted molar refractivity (Wildman–Crippen MR) is 535 cm³/mol. The first kappa shape index (κ1) is 102. The number of rotatable bonds is 22. The van der Waals surface area contributed by atoms with Crippen molar-refractivity contribution in [3.05, 3.63) is 453 Å². The predicted octanol–water partition coefficient (Wildman–Crippen LogP) is 29.1. The first-order chi connectivity index (χ1) is 55.1. The SMILES string of the molecule is C.C.C.C.C.C.C.C.C.C.C1=CN(Cc2ccccc2)C=CC1c1cc[n+](Cc2ccccc2)cc1.CNc1ccc(Nc2ccc(N=C3C=CC(=Nc4ccc(C)cc4)C=C3)cc2)cc1.CNc1ccc(Nc2ccc(Nc3ccc(Nc4ccc(C)cc4)cc3)cc2)cc1.c1ccc(C[n+]2ccc(-c3cc[n+](Cc4ccccc4)cc3)cc2)cc1. The molecular formula is C110H135N12+3. The Hall–Kier alpha value is -14.2. The van der Waals surface area contributed by atoms with E-state index in [9.17, 15) is 0 Å². The molecule has 0 amide bonds. The molecule has 0 spiro atoms. The number of aromatic nitrogens is 3. The molecule has 1 aliphatic carbocycles. The summed E-state index contributed by atoms with van der Waals surface area (Å²) in [4.78, 5) is 11.6. The molecule has 16 rings (SSSR count). The van der Waals surface area contributed by atoms with Crippen molar-refractivity contribution >= 4 is 79.7 Å². The van der Waals surface area contributed by atoms with Crippen molar-refractivity contribution in [1.82, 2.24) is 4.90 Å². The first-order valence-electron chi connectivity index (χ1n) is 38.0. The Morgan fingerprint density at radius 2 is 0.508 bits per heavy atom. The Bertz CT molecular complexity index is 5270. The quantitative estimate of drug-likeness (QED) is 0.0296. The maximum Gasteiger partial charge on any atom is 0.173 e. The van der Waals surface area contributed by atoms with Gasteiger partial charge in [-0.1, -0.05) is 243 Å². The second-order valence-electron chi connectivity index (χ2n) is 27.4. The first-order valence-corrected chi connectivity index (χ1v) is 38.0. The molecule has 4 heterocycles. The summed E-state index contributed by atoms with van der Waals surface area (Å²) in [5.74, 6) is 0.341. The summed E-state index contributed by atoms with van der Waals surface area (Å²) < 4.78 is 6.63. The summed E-state index contributed by atoms with van der Waals surface area (Å²) in [5.41, 5.74) is 25.9. The zero-order valence-electron chi connectivity index (χ0n) is 63.8. The van der Waals surface area contributed by atoms with Gasteiger partial charge in [0, 0.05) is 149 Å². The van der Waals surface area contributed by atoms with Gasteiger partial charge >= 0.3 is 0 Å². The van der Waals surface area contributed by atoms with Gasteiger partial charge < -0.3 is 36.8 Å². The van der Waals surface area contributed by atoms with Gasteiger partial charge in [-0.2, -0.15) is 0 Å². The molecule has 12 heteroatoms. The summed E-state index contributed by atoms with van der Waals surface area (Å²) in [6, 6.07) is 113. The minimum Gasteiger partial charge on any atom is -0.388 e. The van der Waals surface area contributed by atoms with Crippen molar-refractivity contribution in [2.24, 2.45) is 9.98 Å². The van der Waals surface area contributed by atoms with Gasteiger partial charge in [-0.25, -0.2) is 23.7 Å². The van der Waals surface area contributed by atoms with Gasteiger partial charge in [-0.05, 0) is 206 Å². The van der Waals surface area contributed by atoms with E-state index in [2.05, 4.69) is 398 Å². The molecule has 12 nitrogen and oxygen atoms in total. The van der Waals surface area contributed by atoms with Gasteiger partial charge in [0.2, 0.25) is 0 Å². The molecule has 14 aromatic rings. The van der Waals surface area contributed by atoms with E-state index >= 15 is 0 Å². The molecule has 0 bridgehead atoms. The molecule has 0 fully saturated rings. The molecule has 6 N–H and O–H groups in total. The zero-order chi connectivity index (χ0) is 76.7. The van der Waals surface area contributed by atoms with Crippen LogP contribution in [-0.4, -0.2) is 30.4 Å². The molecule has 11 aromatic carbocycles. The van der Waals surface area contributed by atoms with Crippen LogP contribution in [0.2, 0.25) is 0 Å². The number of benzene rings is 11. The van der Waals surface area contributed by atoms with Crippen LogP contribution in [-0.2, 0) is 26.2 Å². The lowest BCUT2D eigenvalue weighted by atomic mass is 9.98. The summed E-state index contributed by atoms with van der Waals surface area (Å²) >= 11 is 0. The highest BCUT2D eigenvalue weighted by Gasteiger charge is 2.14. The molecular weight excluding hydrogens is 1490 g/mol. The van der Waals surface area contributed by atoms with Crippen molar-refractivity contribution in [2.75, 3.05) is 46.0 Å². The van der Waals surface area contributed by atoms with Crippen molar-refractivity contribution in [1.29, 1.82) is 0 Å². The second-order valence-corrected chi connectivity index (χ2v) is 27.4. The molecule has 122 heavy (non-hydrogen) atoms. The van der Waals surface area contributed by atoms with E-state index in [0.717, 1.165) is 106 Å². The Kier molecular flexibility index (Phi) is 44.5. The number of hydrogen-bond acceptors (Lipinski definition) is 9. The highest BCUT2D eigenvalue weighted by Crippen LogP contribution is 2.28. The molecule has 632 valence electrons. The summed E-state index contributed by atoms with van der Waals surface area (Å²) in [7, 11) is 3.83. The van der Waals surface area contributed by atoms with Crippen LogP contribution in [0.4, 0.5) is 68.2 Å². The van der Waals surface area contributed by atoms with Gasteiger partial charge in [0.25, 0.3) is 0 Å². The van der Waals surface area contributed by atoms with Gasteiger partial charge in [0.1, 0.15) is 0 Å². The van der Waals surface area contributed by atoms with Crippen LogP contribution in [0.1, 0.15) is 119 Å². The van der Waals surface area contributed by atoms with Gasteiger partial charge in [0.15, 0.2) is 56.8 Å². The van der Waals surface area contributed by atoms with E-state index in [1.54, 1.807) is 0 Å². The third-order valence-electron chi connectivity index (χ3n) is 18.8. The van der Waals surface area contributed by atoms with Crippen LogP contribution >= 0.6 is 0 Å². The monoisotopic (exact) mass is 1620 g/mol. The van der Waals surface area contributed by atoms with Crippen LogP contribution in [0.25, 0.3) is 11.1 Å². The molecule has 0 radical (unpaired) electrons. The van der Waals surface area contributed by atoms with Crippen molar-refractivity contribution in [3.63, 3.8) is 0 Å². The minimum absolute atomic E-state index is 0. The fourth-order valence-electron chi connectivity index (χ4n) is 12.5. The number of nitrogens with zero attached hydrogens (tertiary/aromatic N) is 6. The van der Waals surface area contributed by atoms with Crippen molar-refractivity contribution in [2.45, 2.75) is 120 Å².